The Morgan fingerprint density at radius 2 is 1.67 bits per heavy atom. The SMILES string of the molecule is CS(=O)(=O)N(CC(=O)Nc1ccccc1Oc1ccccc1)c1ccc(Cl)c(C(F)(F)F)c1. The number of para-hydroxylation sites is 3. The van der Waals surface area contributed by atoms with Crippen LogP contribution in [0.3, 0.4) is 0 Å². The molecule has 0 aromatic heterocycles. The summed E-state index contributed by atoms with van der Waals surface area (Å²) >= 11 is 5.62. The Balaban J connectivity index is 1.85. The molecule has 0 saturated heterocycles. The van der Waals surface area contributed by atoms with Crippen LogP contribution < -0.4 is 14.4 Å². The van der Waals surface area contributed by atoms with Crippen molar-refractivity contribution in [2.24, 2.45) is 0 Å². The number of hydrogen-bond acceptors (Lipinski definition) is 4. The predicted molar refractivity (Wildman–Crippen MR) is 120 cm³/mol. The van der Waals surface area contributed by atoms with Crippen molar-refractivity contribution in [2.45, 2.75) is 6.18 Å². The highest BCUT2D eigenvalue weighted by Gasteiger charge is 2.34. The van der Waals surface area contributed by atoms with Crippen LogP contribution in [0.4, 0.5) is 24.5 Å². The molecule has 11 heteroatoms. The van der Waals surface area contributed by atoms with E-state index in [4.69, 9.17) is 16.3 Å². The fourth-order valence-corrected chi connectivity index (χ4v) is 3.95. The second-order valence-corrected chi connectivity index (χ2v) is 9.21. The molecule has 0 atom stereocenters. The van der Waals surface area contributed by atoms with Crippen molar-refractivity contribution >= 4 is 38.9 Å². The summed E-state index contributed by atoms with van der Waals surface area (Å²) in [5.41, 5.74) is -1.30. The molecule has 0 aliphatic heterocycles. The Labute approximate surface area is 193 Å². The lowest BCUT2D eigenvalue weighted by molar-refractivity contribution is -0.137. The third-order valence-electron chi connectivity index (χ3n) is 4.36. The van der Waals surface area contributed by atoms with Gasteiger partial charge in [0.25, 0.3) is 0 Å². The molecule has 0 bridgehead atoms. The van der Waals surface area contributed by atoms with Gasteiger partial charge in [-0.05, 0) is 42.5 Å². The molecule has 6 nitrogen and oxygen atoms in total. The topological polar surface area (TPSA) is 75.7 Å². The van der Waals surface area contributed by atoms with E-state index in [1.54, 1.807) is 54.6 Å². The molecular weight excluding hydrogens is 481 g/mol. The minimum absolute atomic E-state index is 0.256. The molecule has 0 fully saturated rings. The van der Waals surface area contributed by atoms with Crippen LogP contribution in [0.25, 0.3) is 0 Å². The fourth-order valence-electron chi connectivity index (χ4n) is 2.88. The van der Waals surface area contributed by atoms with Gasteiger partial charge in [0.1, 0.15) is 12.3 Å². The van der Waals surface area contributed by atoms with E-state index in [2.05, 4.69) is 5.32 Å². The Bertz CT molecular complexity index is 1250. The lowest BCUT2D eigenvalue weighted by Crippen LogP contribution is -2.37. The average Bonchev–Trinajstić information content (AvgIpc) is 2.73. The number of amides is 1. The number of rotatable bonds is 7. The summed E-state index contributed by atoms with van der Waals surface area (Å²) in [4.78, 5) is 12.7. The molecule has 0 radical (unpaired) electrons. The molecule has 1 amide bonds. The number of carbonyl (C=O) groups is 1. The second-order valence-electron chi connectivity index (χ2n) is 6.89. The number of benzene rings is 3. The number of halogens is 4. The molecule has 0 aliphatic rings. The van der Waals surface area contributed by atoms with E-state index in [0.29, 0.717) is 21.9 Å². The van der Waals surface area contributed by atoms with E-state index in [-0.39, 0.29) is 11.4 Å². The number of nitrogens with zero attached hydrogens (tertiary/aromatic N) is 1. The van der Waals surface area contributed by atoms with Gasteiger partial charge < -0.3 is 10.1 Å². The molecule has 0 aliphatic carbocycles. The lowest BCUT2D eigenvalue weighted by Gasteiger charge is -2.23. The Morgan fingerprint density at radius 3 is 2.30 bits per heavy atom. The first-order valence-electron chi connectivity index (χ1n) is 9.41. The first kappa shape index (κ1) is 24.4. The number of carbonyl (C=O) groups excluding carboxylic acids is 1. The highest BCUT2D eigenvalue weighted by molar-refractivity contribution is 7.92. The van der Waals surface area contributed by atoms with Gasteiger partial charge in [-0.25, -0.2) is 8.42 Å². The third-order valence-corrected chi connectivity index (χ3v) is 5.83. The van der Waals surface area contributed by atoms with Gasteiger partial charge in [-0.2, -0.15) is 13.2 Å². The number of nitrogens with one attached hydrogen (secondary N) is 1. The van der Waals surface area contributed by atoms with Crippen LogP contribution in [0.2, 0.25) is 5.02 Å². The molecule has 3 aromatic carbocycles. The van der Waals surface area contributed by atoms with Gasteiger partial charge in [0, 0.05) is 0 Å². The minimum Gasteiger partial charge on any atom is -0.455 e. The highest BCUT2D eigenvalue weighted by atomic mass is 35.5. The van der Waals surface area contributed by atoms with E-state index in [9.17, 15) is 26.4 Å². The number of ether oxygens (including phenoxy) is 1. The Morgan fingerprint density at radius 1 is 1.03 bits per heavy atom. The van der Waals surface area contributed by atoms with Crippen molar-refractivity contribution in [3.63, 3.8) is 0 Å². The summed E-state index contributed by atoms with van der Waals surface area (Å²) in [6, 6.07) is 17.8. The standard InChI is InChI=1S/C22H18ClF3N2O4S/c1-33(30,31)28(15-11-12-18(23)17(13-15)22(24,25)26)14-21(29)27-19-9-5-6-10-20(19)32-16-7-3-2-4-8-16/h2-13H,14H2,1H3,(H,27,29). The van der Waals surface area contributed by atoms with Gasteiger partial charge in [-0.15, -0.1) is 0 Å². The van der Waals surface area contributed by atoms with Crippen LogP contribution in [-0.2, 0) is 21.0 Å². The summed E-state index contributed by atoms with van der Waals surface area (Å²) in [7, 11) is -4.11. The zero-order valence-electron chi connectivity index (χ0n) is 17.1. The smallest absolute Gasteiger partial charge is 0.417 e. The van der Waals surface area contributed by atoms with Gasteiger partial charge in [-0.3, -0.25) is 9.10 Å². The van der Waals surface area contributed by atoms with Gasteiger partial charge in [0.05, 0.1) is 28.2 Å². The van der Waals surface area contributed by atoms with E-state index < -0.39 is 39.2 Å². The molecule has 3 rings (SSSR count). The molecule has 0 unspecified atom stereocenters. The van der Waals surface area contributed by atoms with Crippen molar-refractivity contribution < 1.29 is 31.1 Å². The first-order chi connectivity index (χ1) is 15.4. The molecule has 174 valence electrons. The average molecular weight is 499 g/mol. The summed E-state index contributed by atoms with van der Waals surface area (Å²) in [6.07, 6.45) is -4.01. The Kier molecular flexibility index (Phi) is 7.19. The van der Waals surface area contributed by atoms with Crippen LogP contribution in [0, 0.1) is 0 Å². The largest absolute Gasteiger partial charge is 0.455 e. The molecule has 0 spiro atoms. The zero-order valence-corrected chi connectivity index (χ0v) is 18.7. The number of alkyl halides is 3. The zero-order chi connectivity index (χ0) is 24.2. The normalized spacial score (nSPS) is 11.7. The van der Waals surface area contributed by atoms with Crippen LogP contribution in [0.5, 0.6) is 11.5 Å². The number of anilines is 2. The summed E-state index contributed by atoms with van der Waals surface area (Å²) in [5, 5.41) is 1.95. The molecule has 0 heterocycles. The monoisotopic (exact) mass is 498 g/mol. The number of hydrogen-bond donors (Lipinski definition) is 1. The van der Waals surface area contributed by atoms with Crippen LogP contribution >= 0.6 is 11.6 Å². The highest BCUT2D eigenvalue weighted by Crippen LogP contribution is 2.37. The van der Waals surface area contributed by atoms with E-state index >= 15 is 0 Å². The van der Waals surface area contributed by atoms with Gasteiger partial charge in [-0.1, -0.05) is 41.9 Å². The minimum atomic E-state index is -4.80. The van der Waals surface area contributed by atoms with Gasteiger partial charge in [0.15, 0.2) is 5.75 Å². The number of sulfonamides is 1. The molecule has 33 heavy (non-hydrogen) atoms. The van der Waals surface area contributed by atoms with E-state index in [1.165, 1.54) is 0 Å². The van der Waals surface area contributed by atoms with Crippen molar-refractivity contribution in [3.8, 4) is 11.5 Å². The van der Waals surface area contributed by atoms with Crippen LogP contribution in [-0.4, -0.2) is 27.1 Å². The summed E-state index contributed by atoms with van der Waals surface area (Å²) < 4.78 is 70.5. The van der Waals surface area contributed by atoms with E-state index in [1.807, 2.05) is 0 Å². The van der Waals surface area contributed by atoms with Gasteiger partial charge in [0.2, 0.25) is 15.9 Å². The maximum atomic E-state index is 13.2. The first-order valence-corrected chi connectivity index (χ1v) is 11.6. The van der Waals surface area contributed by atoms with E-state index in [0.717, 1.165) is 18.4 Å². The third kappa shape index (κ3) is 6.39. The maximum absolute atomic E-state index is 13.2. The lowest BCUT2D eigenvalue weighted by atomic mass is 10.2. The second kappa shape index (κ2) is 9.72. The van der Waals surface area contributed by atoms with Crippen molar-refractivity contribution in [1.29, 1.82) is 0 Å². The Hall–Kier alpha value is -3.24. The fraction of sp³-hybridized carbons (Fsp3) is 0.136. The quantitative estimate of drug-likeness (QED) is 0.463. The van der Waals surface area contributed by atoms with Crippen molar-refractivity contribution in [2.75, 3.05) is 22.4 Å². The van der Waals surface area contributed by atoms with Crippen molar-refractivity contribution in [1.82, 2.24) is 0 Å². The van der Waals surface area contributed by atoms with Crippen molar-refractivity contribution in [3.05, 3.63) is 83.4 Å². The van der Waals surface area contributed by atoms with Gasteiger partial charge >= 0.3 is 6.18 Å². The predicted octanol–water partition coefficient (Wildman–Crippen LogP) is 5.56. The summed E-state index contributed by atoms with van der Waals surface area (Å²) in [5.74, 6) is 0.0275. The summed E-state index contributed by atoms with van der Waals surface area (Å²) in [6.45, 7) is -0.766. The molecule has 0 saturated carbocycles. The molecular formula is C22H18ClF3N2O4S. The maximum Gasteiger partial charge on any atom is 0.417 e. The van der Waals surface area contributed by atoms with Crippen LogP contribution in [0.1, 0.15) is 5.56 Å². The molecule has 3 aromatic rings. The molecule has 1 N–H and O–H groups in total. The van der Waals surface area contributed by atoms with Crippen LogP contribution in [0.15, 0.2) is 72.8 Å².